The summed E-state index contributed by atoms with van der Waals surface area (Å²) in [5, 5.41) is 0.828. The molecule has 0 aliphatic carbocycles. The number of hydrogen-bond donors (Lipinski definition) is 0. The Labute approximate surface area is 130 Å². The van der Waals surface area contributed by atoms with Crippen molar-refractivity contribution in [2.45, 2.75) is 0 Å². The Hall–Kier alpha value is -2.10. The molecule has 104 valence electrons. The molecule has 21 heavy (non-hydrogen) atoms. The zero-order chi connectivity index (χ0) is 15.0. The van der Waals surface area contributed by atoms with Gasteiger partial charge in [0.15, 0.2) is 0 Å². The molecule has 0 bridgehead atoms. The van der Waals surface area contributed by atoms with E-state index < -0.39 is 11.9 Å². The molecule has 0 N–H and O–H groups in total. The molecule has 1 aliphatic rings. The molecular weight excluding hydrogens is 311 g/mol. The Morgan fingerprint density at radius 1 is 0.810 bits per heavy atom. The minimum Gasteiger partial charge on any atom is -0.386 e. The molecule has 0 fully saturated rings. The highest BCUT2D eigenvalue weighted by molar-refractivity contribution is 6.39. The first-order valence-corrected chi connectivity index (χ1v) is 6.85. The average molecular weight is 319 g/mol. The van der Waals surface area contributed by atoms with E-state index in [9.17, 15) is 9.59 Å². The number of ether oxygens (including phenoxy) is 1. The molecule has 1 aliphatic heterocycles. The molecule has 3 rings (SSSR count). The van der Waals surface area contributed by atoms with E-state index in [2.05, 4.69) is 0 Å². The lowest BCUT2D eigenvalue weighted by molar-refractivity contribution is -0.131. The third-order valence-corrected chi connectivity index (χ3v) is 3.79. The fraction of sp³-hybridized carbons (Fsp3) is 0. The number of hydrogen-bond acceptors (Lipinski definition) is 3. The smallest absolute Gasteiger partial charge is 0.346 e. The van der Waals surface area contributed by atoms with Gasteiger partial charge in [-0.3, -0.25) is 0 Å². The number of halogens is 2. The highest BCUT2D eigenvalue weighted by atomic mass is 35.5. The number of carbonyl (C=O) groups excluding carboxylic acids is 2. The van der Waals surface area contributed by atoms with Crippen molar-refractivity contribution in [3.8, 4) is 0 Å². The Morgan fingerprint density at radius 2 is 1.43 bits per heavy atom. The quantitative estimate of drug-likeness (QED) is 0.449. The van der Waals surface area contributed by atoms with Crippen molar-refractivity contribution in [1.29, 1.82) is 0 Å². The first kappa shape index (κ1) is 13.9. The van der Waals surface area contributed by atoms with Crippen molar-refractivity contribution in [2.75, 3.05) is 0 Å². The van der Waals surface area contributed by atoms with E-state index in [1.165, 1.54) is 6.08 Å². The van der Waals surface area contributed by atoms with Crippen LogP contribution in [0.1, 0.15) is 21.5 Å². The Morgan fingerprint density at radius 3 is 2.10 bits per heavy atom. The Kier molecular flexibility index (Phi) is 3.53. The summed E-state index contributed by atoms with van der Waals surface area (Å²) >= 11 is 12.2. The van der Waals surface area contributed by atoms with Gasteiger partial charge in [-0.1, -0.05) is 47.5 Å². The van der Waals surface area contributed by atoms with Crippen LogP contribution in [-0.2, 0) is 9.53 Å². The number of rotatable bonds is 1. The van der Waals surface area contributed by atoms with Gasteiger partial charge in [0.05, 0.1) is 11.1 Å². The van der Waals surface area contributed by atoms with E-state index in [1.807, 2.05) is 0 Å². The largest absolute Gasteiger partial charge is 0.386 e. The number of benzene rings is 2. The predicted octanol–water partition coefficient (Wildman–Crippen LogP) is 4.23. The van der Waals surface area contributed by atoms with Crippen LogP contribution in [0.25, 0.3) is 11.6 Å². The highest BCUT2D eigenvalue weighted by Crippen LogP contribution is 2.33. The molecule has 2 aromatic carbocycles. The van der Waals surface area contributed by atoms with Crippen molar-refractivity contribution < 1.29 is 14.3 Å². The second-order valence-corrected chi connectivity index (χ2v) is 5.23. The van der Waals surface area contributed by atoms with Gasteiger partial charge in [0.25, 0.3) is 0 Å². The van der Waals surface area contributed by atoms with Crippen LogP contribution in [0, 0.1) is 0 Å². The molecule has 0 aromatic heterocycles. The van der Waals surface area contributed by atoms with Crippen LogP contribution in [0.2, 0.25) is 10.0 Å². The summed E-state index contributed by atoms with van der Waals surface area (Å²) in [5.74, 6) is -1.37. The number of cyclic esters (lactones) is 2. The van der Waals surface area contributed by atoms with Crippen LogP contribution in [0.15, 0.2) is 42.5 Å². The lowest BCUT2D eigenvalue weighted by Crippen LogP contribution is -2.21. The molecule has 0 amide bonds. The minimum atomic E-state index is -0.713. The molecule has 5 heteroatoms. The maximum Gasteiger partial charge on any atom is 0.346 e. The molecule has 0 atom stereocenters. The maximum atomic E-state index is 12.0. The van der Waals surface area contributed by atoms with Crippen LogP contribution in [-0.4, -0.2) is 11.9 Å². The Bertz CT molecular complexity index is 774. The molecular formula is C16H8Cl2O3. The van der Waals surface area contributed by atoms with E-state index in [0.717, 1.165) is 0 Å². The van der Waals surface area contributed by atoms with Crippen LogP contribution in [0.5, 0.6) is 0 Å². The number of fused-ring (bicyclic) bond motifs is 1. The first-order chi connectivity index (χ1) is 10.1. The fourth-order valence-corrected chi connectivity index (χ4v) is 2.64. The van der Waals surface area contributed by atoms with Gasteiger partial charge in [0.1, 0.15) is 0 Å². The van der Waals surface area contributed by atoms with Crippen LogP contribution in [0.4, 0.5) is 0 Å². The minimum absolute atomic E-state index is 0.250. The summed E-state index contributed by atoms with van der Waals surface area (Å²) in [6.45, 7) is 0. The zero-order valence-corrected chi connectivity index (χ0v) is 12.1. The molecule has 0 spiro atoms. The van der Waals surface area contributed by atoms with Gasteiger partial charge in [-0.05, 0) is 24.3 Å². The van der Waals surface area contributed by atoms with Crippen molar-refractivity contribution in [3.05, 3.63) is 69.2 Å². The SMILES string of the molecule is O=C1OC(=O)c2ccccc2/C1=C\c1c(Cl)cccc1Cl. The highest BCUT2D eigenvalue weighted by Gasteiger charge is 2.29. The summed E-state index contributed by atoms with van der Waals surface area (Å²) in [7, 11) is 0. The van der Waals surface area contributed by atoms with E-state index in [-0.39, 0.29) is 5.57 Å². The third-order valence-electron chi connectivity index (χ3n) is 3.13. The summed E-state index contributed by atoms with van der Waals surface area (Å²) < 4.78 is 4.74. The number of carbonyl (C=O) groups is 2. The Balaban J connectivity index is 2.22. The monoisotopic (exact) mass is 318 g/mol. The van der Waals surface area contributed by atoms with E-state index in [1.54, 1.807) is 42.5 Å². The van der Waals surface area contributed by atoms with Crippen molar-refractivity contribution in [1.82, 2.24) is 0 Å². The van der Waals surface area contributed by atoms with Gasteiger partial charge in [0.2, 0.25) is 0 Å². The maximum absolute atomic E-state index is 12.0. The molecule has 3 nitrogen and oxygen atoms in total. The lowest BCUT2D eigenvalue weighted by Gasteiger charge is -2.17. The van der Waals surface area contributed by atoms with E-state index in [4.69, 9.17) is 27.9 Å². The van der Waals surface area contributed by atoms with Gasteiger partial charge in [-0.25, -0.2) is 9.59 Å². The number of esters is 2. The first-order valence-electron chi connectivity index (χ1n) is 6.09. The molecule has 2 aromatic rings. The van der Waals surface area contributed by atoms with Crippen molar-refractivity contribution in [3.63, 3.8) is 0 Å². The van der Waals surface area contributed by atoms with Crippen LogP contribution < -0.4 is 0 Å². The van der Waals surface area contributed by atoms with Crippen LogP contribution >= 0.6 is 23.2 Å². The second kappa shape index (κ2) is 5.35. The van der Waals surface area contributed by atoms with Crippen LogP contribution in [0.3, 0.4) is 0 Å². The second-order valence-electron chi connectivity index (χ2n) is 4.42. The van der Waals surface area contributed by atoms with Gasteiger partial charge in [-0.2, -0.15) is 0 Å². The topological polar surface area (TPSA) is 43.4 Å². The van der Waals surface area contributed by atoms with Gasteiger partial charge >= 0.3 is 11.9 Å². The summed E-state index contributed by atoms with van der Waals surface area (Å²) in [4.78, 5) is 23.7. The fourth-order valence-electron chi connectivity index (χ4n) is 2.13. The third kappa shape index (κ3) is 2.46. The van der Waals surface area contributed by atoms with Crippen molar-refractivity contribution in [2.24, 2.45) is 0 Å². The van der Waals surface area contributed by atoms with Gasteiger partial charge in [-0.15, -0.1) is 0 Å². The molecule has 0 radical (unpaired) electrons. The molecule has 0 unspecified atom stereocenters. The lowest BCUT2D eigenvalue weighted by atomic mass is 9.95. The summed E-state index contributed by atoms with van der Waals surface area (Å²) in [5.41, 5.74) is 1.61. The normalized spacial score (nSPS) is 15.8. The zero-order valence-electron chi connectivity index (χ0n) is 10.6. The van der Waals surface area contributed by atoms with Crippen molar-refractivity contribution >= 4 is 46.8 Å². The molecule has 0 saturated heterocycles. The molecule has 0 saturated carbocycles. The van der Waals surface area contributed by atoms with E-state index >= 15 is 0 Å². The van der Waals surface area contributed by atoms with Gasteiger partial charge < -0.3 is 4.74 Å². The summed E-state index contributed by atoms with van der Waals surface area (Å²) in [6.07, 6.45) is 1.54. The predicted molar refractivity (Wildman–Crippen MR) is 81.2 cm³/mol. The summed E-state index contributed by atoms with van der Waals surface area (Å²) in [6, 6.07) is 11.8. The standard InChI is InChI=1S/C16H8Cl2O3/c17-13-6-3-7-14(18)12(13)8-11-9-4-1-2-5-10(9)15(19)21-16(11)20/h1-8H/b11-8+. The average Bonchev–Trinajstić information content (AvgIpc) is 2.46. The van der Waals surface area contributed by atoms with Gasteiger partial charge in [0, 0.05) is 21.2 Å². The molecule has 1 heterocycles. The van der Waals surface area contributed by atoms with E-state index in [0.29, 0.717) is 26.7 Å².